The van der Waals surface area contributed by atoms with Gasteiger partial charge in [-0.05, 0) is 42.0 Å². The standard InChI is InChI=1S/C21H20Cl2N2O/c22-14-6-8-20-18(10-14)19-11-15(23)7-9-21(19)25(20)13-17(26)12-24-16-4-2-1-3-5-16/h1-11,17-18,20,24,26H,12-13H2. The van der Waals surface area contributed by atoms with E-state index in [0.29, 0.717) is 13.1 Å². The average Bonchev–Trinajstić information content (AvgIpc) is 2.93. The fourth-order valence-corrected chi connectivity index (χ4v) is 4.11. The van der Waals surface area contributed by atoms with Gasteiger partial charge in [0.1, 0.15) is 0 Å². The molecular formula is C21H20Cl2N2O. The van der Waals surface area contributed by atoms with Gasteiger partial charge in [-0.25, -0.2) is 0 Å². The van der Waals surface area contributed by atoms with Crippen LogP contribution >= 0.6 is 23.2 Å². The summed E-state index contributed by atoms with van der Waals surface area (Å²) in [5.41, 5.74) is 3.27. The molecule has 1 heterocycles. The van der Waals surface area contributed by atoms with Gasteiger partial charge in [0.25, 0.3) is 0 Å². The van der Waals surface area contributed by atoms with Crippen molar-refractivity contribution in [2.24, 2.45) is 0 Å². The van der Waals surface area contributed by atoms with Gasteiger partial charge in [0.2, 0.25) is 0 Å². The molecule has 0 aromatic heterocycles. The quantitative estimate of drug-likeness (QED) is 0.775. The number of hydrogen-bond acceptors (Lipinski definition) is 3. The van der Waals surface area contributed by atoms with Crippen molar-refractivity contribution in [3.8, 4) is 0 Å². The zero-order valence-electron chi connectivity index (χ0n) is 14.1. The second-order valence-corrected chi connectivity index (χ2v) is 7.56. The molecule has 3 atom stereocenters. The summed E-state index contributed by atoms with van der Waals surface area (Å²) in [7, 11) is 0. The molecule has 0 radical (unpaired) electrons. The van der Waals surface area contributed by atoms with Gasteiger partial charge in [-0.2, -0.15) is 0 Å². The lowest BCUT2D eigenvalue weighted by Gasteiger charge is -2.31. The molecule has 4 rings (SSSR count). The van der Waals surface area contributed by atoms with Gasteiger partial charge in [0.05, 0.1) is 12.1 Å². The first-order chi connectivity index (χ1) is 12.6. The number of halogens is 2. The highest BCUT2D eigenvalue weighted by molar-refractivity contribution is 6.31. The number of nitrogens with zero attached hydrogens (tertiary/aromatic N) is 1. The number of aliphatic hydroxyl groups excluding tert-OH is 1. The second kappa shape index (κ2) is 7.36. The highest BCUT2D eigenvalue weighted by Crippen LogP contribution is 2.45. The molecule has 26 heavy (non-hydrogen) atoms. The minimum Gasteiger partial charge on any atom is -0.389 e. The number of aliphatic hydroxyl groups is 1. The number of β-amino-alcohol motifs (C(OH)–C–C–N with tert-alkyl or cyclic N) is 1. The fraction of sp³-hybridized carbons (Fsp3) is 0.238. The van der Waals surface area contributed by atoms with Crippen molar-refractivity contribution in [3.05, 3.63) is 82.4 Å². The van der Waals surface area contributed by atoms with Crippen LogP contribution < -0.4 is 10.2 Å². The maximum Gasteiger partial charge on any atom is 0.0887 e. The van der Waals surface area contributed by atoms with E-state index in [0.717, 1.165) is 27.0 Å². The highest BCUT2D eigenvalue weighted by atomic mass is 35.5. The van der Waals surface area contributed by atoms with Crippen LogP contribution in [-0.4, -0.2) is 30.3 Å². The summed E-state index contributed by atoms with van der Waals surface area (Å²) in [6.07, 6.45) is 5.60. The molecule has 0 spiro atoms. The minimum absolute atomic E-state index is 0.150. The number of nitrogens with one attached hydrogen (secondary N) is 1. The maximum atomic E-state index is 10.6. The number of allylic oxidation sites excluding steroid dienone is 2. The van der Waals surface area contributed by atoms with E-state index in [1.165, 1.54) is 0 Å². The summed E-state index contributed by atoms with van der Waals surface area (Å²) in [6, 6.07) is 16.0. The topological polar surface area (TPSA) is 35.5 Å². The number of anilines is 2. The summed E-state index contributed by atoms with van der Waals surface area (Å²) in [4.78, 5) is 2.24. The van der Waals surface area contributed by atoms with Crippen molar-refractivity contribution >= 4 is 34.6 Å². The van der Waals surface area contributed by atoms with Crippen LogP contribution in [0.5, 0.6) is 0 Å². The van der Waals surface area contributed by atoms with Gasteiger partial charge >= 0.3 is 0 Å². The van der Waals surface area contributed by atoms with Crippen LogP contribution in [0.2, 0.25) is 5.02 Å². The Morgan fingerprint density at radius 3 is 2.73 bits per heavy atom. The third kappa shape index (κ3) is 3.48. The van der Waals surface area contributed by atoms with Gasteiger partial charge in [0.15, 0.2) is 0 Å². The summed E-state index contributed by atoms with van der Waals surface area (Å²) in [5.74, 6) is 0.162. The lowest BCUT2D eigenvalue weighted by Crippen LogP contribution is -2.41. The van der Waals surface area contributed by atoms with E-state index in [4.69, 9.17) is 23.2 Å². The van der Waals surface area contributed by atoms with E-state index in [2.05, 4.69) is 22.4 Å². The molecule has 0 saturated heterocycles. The molecule has 2 aliphatic rings. The summed E-state index contributed by atoms with van der Waals surface area (Å²) in [6.45, 7) is 1.02. The Hall–Kier alpha value is -1.94. The first-order valence-corrected chi connectivity index (χ1v) is 9.46. The van der Waals surface area contributed by atoms with Gasteiger partial charge < -0.3 is 15.3 Å². The predicted molar refractivity (Wildman–Crippen MR) is 109 cm³/mol. The number of benzene rings is 2. The van der Waals surface area contributed by atoms with E-state index in [-0.39, 0.29) is 12.0 Å². The molecule has 0 bridgehead atoms. The summed E-state index contributed by atoms with van der Waals surface area (Å²) in [5, 5.41) is 15.3. The molecule has 134 valence electrons. The number of rotatable bonds is 5. The van der Waals surface area contributed by atoms with Crippen molar-refractivity contribution in [3.63, 3.8) is 0 Å². The van der Waals surface area contributed by atoms with Crippen molar-refractivity contribution in [2.45, 2.75) is 18.1 Å². The molecule has 1 aliphatic heterocycles. The molecule has 3 unspecified atom stereocenters. The van der Waals surface area contributed by atoms with Crippen molar-refractivity contribution < 1.29 is 5.11 Å². The smallest absolute Gasteiger partial charge is 0.0887 e. The van der Waals surface area contributed by atoms with Crippen LogP contribution in [0, 0.1) is 0 Å². The third-order valence-corrected chi connectivity index (χ3v) is 5.39. The monoisotopic (exact) mass is 386 g/mol. The van der Waals surface area contributed by atoms with Crippen LogP contribution in [-0.2, 0) is 0 Å². The molecule has 5 heteroatoms. The zero-order valence-corrected chi connectivity index (χ0v) is 15.7. The Kier molecular flexibility index (Phi) is 4.94. The third-order valence-electron chi connectivity index (χ3n) is 4.90. The molecule has 0 saturated carbocycles. The first-order valence-electron chi connectivity index (χ1n) is 8.70. The largest absolute Gasteiger partial charge is 0.389 e. The average molecular weight is 387 g/mol. The zero-order chi connectivity index (χ0) is 18.1. The van der Waals surface area contributed by atoms with Crippen LogP contribution in [0.15, 0.2) is 71.8 Å². The number of hydrogen-bond donors (Lipinski definition) is 2. The first kappa shape index (κ1) is 17.5. The SMILES string of the molecule is OC(CNc1ccccc1)CN1c2ccc(Cl)cc2C2C=C(Cl)C=CC21. The molecule has 2 aromatic carbocycles. The van der Waals surface area contributed by atoms with Gasteiger partial charge in [0, 0.05) is 40.4 Å². The van der Waals surface area contributed by atoms with Crippen LogP contribution in [0.1, 0.15) is 11.5 Å². The second-order valence-electron chi connectivity index (χ2n) is 6.68. The Labute approximate surface area is 163 Å². The molecule has 2 N–H and O–H groups in total. The minimum atomic E-state index is -0.507. The molecule has 1 aliphatic carbocycles. The lowest BCUT2D eigenvalue weighted by atomic mass is 9.91. The lowest BCUT2D eigenvalue weighted by molar-refractivity contribution is 0.191. The van der Waals surface area contributed by atoms with E-state index < -0.39 is 6.10 Å². The predicted octanol–water partition coefficient (Wildman–Crippen LogP) is 4.78. The molecule has 2 aromatic rings. The molecule has 3 nitrogen and oxygen atoms in total. The number of para-hydroxylation sites is 1. The Morgan fingerprint density at radius 2 is 1.92 bits per heavy atom. The van der Waals surface area contributed by atoms with Gasteiger partial charge in [-0.1, -0.05) is 53.6 Å². The molecule has 0 fully saturated rings. The van der Waals surface area contributed by atoms with Gasteiger partial charge in [-0.15, -0.1) is 0 Å². The van der Waals surface area contributed by atoms with E-state index >= 15 is 0 Å². The summed E-state index contributed by atoms with van der Waals surface area (Å²) >= 11 is 12.4. The van der Waals surface area contributed by atoms with Crippen molar-refractivity contribution in [1.29, 1.82) is 0 Å². The number of fused-ring (bicyclic) bond motifs is 3. The highest BCUT2D eigenvalue weighted by Gasteiger charge is 2.38. The summed E-state index contributed by atoms with van der Waals surface area (Å²) < 4.78 is 0. The van der Waals surface area contributed by atoms with E-state index in [1.54, 1.807) is 0 Å². The molecular weight excluding hydrogens is 367 g/mol. The van der Waals surface area contributed by atoms with E-state index in [9.17, 15) is 5.11 Å². The molecule has 0 amide bonds. The van der Waals surface area contributed by atoms with Crippen molar-refractivity contribution in [2.75, 3.05) is 23.3 Å². The Morgan fingerprint density at radius 1 is 1.12 bits per heavy atom. The fourth-order valence-electron chi connectivity index (χ4n) is 3.73. The van der Waals surface area contributed by atoms with Crippen LogP contribution in [0.25, 0.3) is 0 Å². The Bertz CT molecular complexity index is 850. The normalized spacial score (nSPS) is 21.8. The Balaban J connectivity index is 1.52. The van der Waals surface area contributed by atoms with E-state index in [1.807, 2.05) is 54.6 Å². The van der Waals surface area contributed by atoms with Crippen molar-refractivity contribution in [1.82, 2.24) is 0 Å². The maximum absolute atomic E-state index is 10.6. The van der Waals surface area contributed by atoms with Crippen LogP contribution in [0.4, 0.5) is 11.4 Å². The van der Waals surface area contributed by atoms with Gasteiger partial charge in [-0.3, -0.25) is 0 Å². The van der Waals surface area contributed by atoms with Crippen LogP contribution in [0.3, 0.4) is 0 Å².